The van der Waals surface area contributed by atoms with Crippen molar-refractivity contribution in [3.63, 3.8) is 0 Å². The number of aromatic nitrogens is 2. The summed E-state index contributed by atoms with van der Waals surface area (Å²) >= 11 is 1.37. The van der Waals surface area contributed by atoms with E-state index in [4.69, 9.17) is 11.5 Å². The van der Waals surface area contributed by atoms with Gasteiger partial charge in [0.2, 0.25) is 0 Å². The number of hydrogen-bond acceptors (Lipinski definition) is 7. The van der Waals surface area contributed by atoms with Crippen LogP contribution >= 0.6 is 11.3 Å². The number of thiazole rings is 1. The van der Waals surface area contributed by atoms with Gasteiger partial charge in [-0.15, -0.1) is 11.3 Å². The first-order chi connectivity index (χ1) is 14.2. The van der Waals surface area contributed by atoms with Crippen LogP contribution in [0.15, 0.2) is 48.1 Å². The average molecular weight is 438 g/mol. The molecule has 0 spiro atoms. The van der Waals surface area contributed by atoms with E-state index in [2.05, 4.69) is 9.97 Å². The standard InChI is InChI=1S/C19H18F4N6S/c20-12-3-1-11(2-4-12)14-5-6-15-16(27-14)17(24)29(9-19(21,22)23)18(25)28(15)8-13-7-26-10-30-13/h1-7,10,17-18H,8-9,24-25H2. The van der Waals surface area contributed by atoms with E-state index in [1.165, 1.54) is 23.5 Å². The van der Waals surface area contributed by atoms with Crippen LogP contribution in [0.2, 0.25) is 0 Å². The summed E-state index contributed by atoms with van der Waals surface area (Å²) < 4.78 is 52.9. The molecule has 0 aliphatic carbocycles. The summed E-state index contributed by atoms with van der Waals surface area (Å²) in [6.07, 6.45) is -5.11. The second-order valence-electron chi connectivity index (χ2n) is 6.85. The molecule has 3 heterocycles. The van der Waals surface area contributed by atoms with E-state index in [1.807, 2.05) is 0 Å². The van der Waals surface area contributed by atoms with Gasteiger partial charge in [-0.3, -0.25) is 10.7 Å². The molecule has 0 bridgehead atoms. The zero-order valence-corrected chi connectivity index (χ0v) is 16.4. The van der Waals surface area contributed by atoms with Crippen LogP contribution in [0.3, 0.4) is 0 Å². The first kappa shape index (κ1) is 20.7. The Labute approximate surface area is 173 Å². The molecule has 0 saturated carbocycles. The Morgan fingerprint density at radius 3 is 2.43 bits per heavy atom. The number of pyridine rings is 1. The number of halogens is 4. The van der Waals surface area contributed by atoms with Crippen molar-refractivity contribution in [1.82, 2.24) is 14.9 Å². The van der Waals surface area contributed by atoms with Crippen LogP contribution in [0.25, 0.3) is 11.3 Å². The lowest BCUT2D eigenvalue weighted by molar-refractivity contribution is -0.158. The van der Waals surface area contributed by atoms with Crippen molar-refractivity contribution in [3.05, 3.63) is 64.5 Å². The van der Waals surface area contributed by atoms with E-state index < -0.39 is 31.0 Å². The SMILES string of the molecule is NC1c2nc(-c3ccc(F)cc3)ccc2N(Cc2cncs2)C(N)N1CC(F)(F)F. The lowest BCUT2D eigenvalue weighted by Crippen LogP contribution is -2.62. The van der Waals surface area contributed by atoms with Gasteiger partial charge in [0, 0.05) is 16.6 Å². The Kier molecular flexibility index (Phi) is 5.45. The Balaban J connectivity index is 1.77. The first-order valence-corrected chi connectivity index (χ1v) is 9.85. The second-order valence-corrected chi connectivity index (χ2v) is 7.82. The minimum absolute atomic E-state index is 0.261. The Bertz CT molecular complexity index is 1010. The summed E-state index contributed by atoms with van der Waals surface area (Å²) in [7, 11) is 0. The zero-order valence-electron chi connectivity index (χ0n) is 15.6. The Hall–Kier alpha value is -2.60. The van der Waals surface area contributed by atoms with Crippen molar-refractivity contribution in [2.45, 2.75) is 25.2 Å². The number of hydrogen-bond donors (Lipinski definition) is 2. The number of rotatable bonds is 4. The number of nitrogens with two attached hydrogens (primary N) is 2. The molecule has 1 aromatic carbocycles. The van der Waals surface area contributed by atoms with Crippen LogP contribution in [0, 0.1) is 5.82 Å². The van der Waals surface area contributed by atoms with Gasteiger partial charge in [-0.2, -0.15) is 13.2 Å². The van der Waals surface area contributed by atoms with Crippen molar-refractivity contribution in [1.29, 1.82) is 0 Å². The molecule has 2 atom stereocenters. The van der Waals surface area contributed by atoms with E-state index in [-0.39, 0.29) is 12.2 Å². The fraction of sp³-hybridized carbons (Fsp3) is 0.263. The number of fused-ring (bicyclic) bond motifs is 1. The number of alkyl halides is 3. The molecule has 158 valence electrons. The fourth-order valence-electron chi connectivity index (χ4n) is 3.42. The predicted molar refractivity (Wildman–Crippen MR) is 106 cm³/mol. The quantitative estimate of drug-likeness (QED) is 0.608. The summed E-state index contributed by atoms with van der Waals surface area (Å²) in [5, 5.41) is 0. The van der Waals surface area contributed by atoms with Gasteiger partial charge in [-0.1, -0.05) is 0 Å². The molecule has 0 saturated heterocycles. The second kappa shape index (κ2) is 7.91. The highest BCUT2D eigenvalue weighted by Crippen LogP contribution is 2.38. The van der Waals surface area contributed by atoms with Gasteiger partial charge in [-0.25, -0.2) is 14.3 Å². The van der Waals surface area contributed by atoms with Gasteiger partial charge in [-0.05, 0) is 36.4 Å². The molecule has 0 radical (unpaired) electrons. The van der Waals surface area contributed by atoms with Crippen LogP contribution in [0.4, 0.5) is 23.2 Å². The molecule has 1 aliphatic heterocycles. The van der Waals surface area contributed by atoms with Crippen molar-refractivity contribution in [2.75, 3.05) is 11.4 Å². The highest BCUT2D eigenvalue weighted by Gasteiger charge is 2.42. The van der Waals surface area contributed by atoms with Gasteiger partial charge in [0.15, 0.2) is 0 Å². The molecule has 6 nitrogen and oxygen atoms in total. The molecule has 2 unspecified atom stereocenters. The summed E-state index contributed by atoms with van der Waals surface area (Å²) in [5.41, 5.74) is 15.9. The van der Waals surface area contributed by atoms with Crippen LogP contribution in [-0.4, -0.2) is 33.9 Å². The molecule has 30 heavy (non-hydrogen) atoms. The smallest absolute Gasteiger partial charge is 0.337 e. The molecule has 4 N–H and O–H groups in total. The van der Waals surface area contributed by atoms with Crippen molar-refractivity contribution >= 4 is 17.0 Å². The minimum atomic E-state index is -4.49. The van der Waals surface area contributed by atoms with Gasteiger partial charge in [0.25, 0.3) is 0 Å². The predicted octanol–water partition coefficient (Wildman–Crippen LogP) is 3.43. The maximum Gasteiger partial charge on any atom is 0.401 e. The van der Waals surface area contributed by atoms with Crippen molar-refractivity contribution in [3.8, 4) is 11.3 Å². The molecule has 4 rings (SSSR count). The number of anilines is 1. The van der Waals surface area contributed by atoms with Gasteiger partial charge >= 0.3 is 6.18 Å². The summed E-state index contributed by atoms with van der Waals surface area (Å²) in [4.78, 5) is 12.0. The van der Waals surface area contributed by atoms with Crippen LogP contribution in [0.5, 0.6) is 0 Å². The largest absolute Gasteiger partial charge is 0.401 e. The first-order valence-electron chi connectivity index (χ1n) is 8.97. The normalized spacial score (nSPS) is 19.7. The Morgan fingerprint density at radius 2 is 1.80 bits per heavy atom. The third-order valence-corrected chi connectivity index (χ3v) is 5.58. The van der Waals surface area contributed by atoms with Crippen LogP contribution in [-0.2, 0) is 6.54 Å². The van der Waals surface area contributed by atoms with E-state index >= 15 is 0 Å². The highest BCUT2D eigenvalue weighted by atomic mass is 32.1. The van der Waals surface area contributed by atoms with E-state index in [0.717, 1.165) is 9.78 Å². The molecule has 1 aliphatic rings. The molecule has 0 amide bonds. The lowest BCUT2D eigenvalue weighted by Gasteiger charge is -2.46. The molecule has 11 heteroatoms. The Morgan fingerprint density at radius 1 is 1.07 bits per heavy atom. The van der Waals surface area contributed by atoms with E-state index in [9.17, 15) is 17.6 Å². The lowest BCUT2D eigenvalue weighted by atomic mass is 10.1. The fourth-order valence-corrected chi connectivity index (χ4v) is 4.01. The highest BCUT2D eigenvalue weighted by molar-refractivity contribution is 7.09. The van der Waals surface area contributed by atoms with Crippen LogP contribution < -0.4 is 16.4 Å². The molecular weight excluding hydrogens is 420 g/mol. The summed E-state index contributed by atoms with van der Waals surface area (Å²) in [6.45, 7) is -1.02. The van der Waals surface area contributed by atoms with Crippen molar-refractivity contribution in [2.24, 2.45) is 11.5 Å². The van der Waals surface area contributed by atoms with E-state index in [0.29, 0.717) is 16.9 Å². The third kappa shape index (κ3) is 4.15. The monoisotopic (exact) mass is 438 g/mol. The third-order valence-electron chi connectivity index (χ3n) is 4.82. The summed E-state index contributed by atoms with van der Waals surface area (Å²) in [6, 6.07) is 9.12. The summed E-state index contributed by atoms with van der Waals surface area (Å²) in [5.74, 6) is -0.397. The maximum atomic E-state index is 13.2. The average Bonchev–Trinajstić information content (AvgIpc) is 3.21. The molecular formula is C19H18F4N6S. The van der Waals surface area contributed by atoms with Gasteiger partial charge in [0.05, 0.1) is 35.7 Å². The van der Waals surface area contributed by atoms with Gasteiger partial charge < -0.3 is 10.6 Å². The molecule has 3 aromatic rings. The molecule has 2 aromatic heterocycles. The number of benzene rings is 1. The zero-order chi connectivity index (χ0) is 21.5. The van der Waals surface area contributed by atoms with Crippen LogP contribution in [0.1, 0.15) is 16.7 Å². The van der Waals surface area contributed by atoms with Crippen molar-refractivity contribution < 1.29 is 17.6 Å². The maximum absolute atomic E-state index is 13.2. The number of nitrogens with zero attached hydrogens (tertiary/aromatic N) is 4. The minimum Gasteiger partial charge on any atom is -0.337 e. The topological polar surface area (TPSA) is 84.3 Å². The van der Waals surface area contributed by atoms with E-state index in [1.54, 1.807) is 40.9 Å². The van der Waals surface area contributed by atoms with Gasteiger partial charge in [0.1, 0.15) is 18.3 Å². The molecule has 0 fully saturated rings.